The second kappa shape index (κ2) is 9.63. The highest BCUT2D eigenvalue weighted by Gasteiger charge is 2.13. The van der Waals surface area contributed by atoms with Gasteiger partial charge in [0.05, 0.1) is 18.2 Å². The number of carbonyl (C=O) groups excluding carboxylic acids is 2. The first-order chi connectivity index (χ1) is 14.5. The van der Waals surface area contributed by atoms with Crippen molar-refractivity contribution in [3.63, 3.8) is 0 Å². The predicted octanol–water partition coefficient (Wildman–Crippen LogP) is 5.02. The molecule has 0 aliphatic heterocycles. The van der Waals surface area contributed by atoms with E-state index in [2.05, 4.69) is 0 Å². The number of esters is 2. The van der Waals surface area contributed by atoms with E-state index in [1.807, 2.05) is 12.3 Å². The van der Waals surface area contributed by atoms with Gasteiger partial charge in [0.25, 0.3) is 0 Å². The number of methoxy groups -OCH3 is 1. The van der Waals surface area contributed by atoms with Crippen molar-refractivity contribution in [2.24, 2.45) is 0 Å². The fourth-order valence-corrected chi connectivity index (χ4v) is 3.02. The molecule has 0 fully saturated rings. The molecule has 0 aliphatic rings. The van der Waals surface area contributed by atoms with Crippen LogP contribution in [0.3, 0.4) is 0 Å². The van der Waals surface area contributed by atoms with Crippen molar-refractivity contribution in [3.8, 4) is 22.6 Å². The van der Waals surface area contributed by atoms with E-state index in [4.69, 9.17) is 19.5 Å². The first-order valence-electron chi connectivity index (χ1n) is 8.85. The molecule has 3 rings (SSSR count). The number of thiocyanates is 1. The van der Waals surface area contributed by atoms with Crippen LogP contribution in [-0.2, 0) is 0 Å². The Kier molecular flexibility index (Phi) is 6.73. The Morgan fingerprint density at radius 2 is 1.30 bits per heavy atom. The fourth-order valence-electron chi connectivity index (χ4n) is 2.57. The maximum atomic E-state index is 12.4. The summed E-state index contributed by atoms with van der Waals surface area (Å²) in [6.45, 7) is 1.83. The van der Waals surface area contributed by atoms with Crippen molar-refractivity contribution in [1.29, 1.82) is 5.26 Å². The van der Waals surface area contributed by atoms with Crippen molar-refractivity contribution < 1.29 is 23.8 Å². The zero-order chi connectivity index (χ0) is 21.5. The minimum Gasteiger partial charge on any atom is -0.497 e. The minimum absolute atomic E-state index is 0.295. The number of hydrogen-bond donors (Lipinski definition) is 0. The zero-order valence-corrected chi connectivity index (χ0v) is 17.1. The van der Waals surface area contributed by atoms with E-state index < -0.39 is 11.9 Å². The summed E-state index contributed by atoms with van der Waals surface area (Å²) < 4.78 is 15.7. The quantitative estimate of drug-likeness (QED) is 0.240. The largest absolute Gasteiger partial charge is 0.497 e. The van der Waals surface area contributed by atoms with Crippen LogP contribution in [0.15, 0.2) is 71.6 Å². The highest BCUT2D eigenvalue weighted by molar-refractivity contribution is 8.03. The van der Waals surface area contributed by atoms with Gasteiger partial charge in [-0.15, -0.1) is 0 Å². The number of thioether (sulfide) groups is 1. The lowest BCUT2D eigenvalue weighted by molar-refractivity contribution is 0.0720. The molecule has 3 aromatic rings. The highest BCUT2D eigenvalue weighted by atomic mass is 32.2. The van der Waals surface area contributed by atoms with Gasteiger partial charge in [0.2, 0.25) is 0 Å². The third kappa shape index (κ3) is 5.19. The molecular formula is C23H17NO5S. The van der Waals surface area contributed by atoms with Crippen LogP contribution >= 0.6 is 11.8 Å². The number of ether oxygens (including phenoxy) is 3. The molecule has 0 saturated heterocycles. The summed E-state index contributed by atoms with van der Waals surface area (Å²) >= 11 is 1.05. The summed E-state index contributed by atoms with van der Waals surface area (Å²) in [5.41, 5.74) is 1.43. The van der Waals surface area contributed by atoms with Crippen LogP contribution in [-0.4, -0.2) is 19.0 Å². The summed E-state index contributed by atoms with van der Waals surface area (Å²) in [5.74, 6) is 0.332. The Bertz CT molecular complexity index is 1100. The van der Waals surface area contributed by atoms with Gasteiger partial charge in [-0.05, 0) is 91.0 Å². The minimum atomic E-state index is -0.551. The van der Waals surface area contributed by atoms with Crippen LogP contribution < -0.4 is 14.2 Å². The summed E-state index contributed by atoms with van der Waals surface area (Å²) in [7, 11) is 1.55. The third-order valence-electron chi connectivity index (χ3n) is 4.14. The Morgan fingerprint density at radius 3 is 1.80 bits per heavy atom. The van der Waals surface area contributed by atoms with E-state index in [9.17, 15) is 9.59 Å². The van der Waals surface area contributed by atoms with Gasteiger partial charge in [0.15, 0.2) is 0 Å². The molecule has 0 spiro atoms. The molecule has 0 amide bonds. The molecule has 0 atom stereocenters. The Hall–Kier alpha value is -3.76. The normalized spacial score (nSPS) is 10.0. The molecule has 0 heterocycles. The first-order valence-corrected chi connectivity index (χ1v) is 9.67. The van der Waals surface area contributed by atoms with Crippen molar-refractivity contribution in [2.75, 3.05) is 7.11 Å². The molecule has 0 bridgehead atoms. The van der Waals surface area contributed by atoms with Gasteiger partial charge in [0, 0.05) is 4.90 Å². The summed E-state index contributed by atoms with van der Waals surface area (Å²) in [5, 5.41) is 10.8. The van der Waals surface area contributed by atoms with E-state index in [0.717, 1.165) is 22.2 Å². The van der Waals surface area contributed by atoms with Gasteiger partial charge in [0.1, 0.15) is 22.6 Å². The maximum Gasteiger partial charge on any atom is 0.343 e. The first kappa shape index (κ1) is 21.0. The average Bonchev–Trinajstić information content (AvgIpc) is 2.76. The molecule has 6 nitrogen and oxygen atoms in total. The highest BCUT2D eigenvalue weighted by Crippen LogP contribution is 2.26. The number of carbonyl (C=O) groups is 2. The molecule has 0 unspecified atom stereocenters. The van der Waals surface area contributed by atoms with Crippen LogP contribution in [0.5, 0.6) is 17.2 Å². The third-order valence-corrected chi connectivity index (χ3v) is 4.91. The lowest BCUT2D eigenvalue weighted by atomic mass is 10.1. The van der Waals surface area contributed by atoms with Crippen LogP contribution in [0.1, 0.15) is 26.3 Å². The lowest BCUT2D eigenvalue weighted by Gasteiger charge is -2.08. The second-order valence-corrected chi connectivity index (χ2v) is 6.98. The SMILES string of the molecule is COc1ccc(OC(=O)c2ccc(C(=O)Oc3ccc(SC#N)c(C)c3)cc2)cc1. The van der Waals surface area contributed by atoms with Crippen LogP contribution in [0, 0.1) is 17.6 Å². The van der Waals surface area contributed by atoms with Crippen molar-refractivity contribution in [2.45, 2.75) is 11.8 Å². The van der Waals surface area contributed by atoms with Crippen LogP contribution in [0.2, 0.25) is 0 Å². The number of nitrogens with zero attached hydrogens (tertiary/aromatic N) is 1. The Balaban J connectivity index is 1.64. The molecule has 0 aromatic heterocycles. The standard InChI is InChI=1S/C23H17NO5S/c1-15-13-20(11-12-21(15)30-14-24)29-23(26)17-5-3-16(4-6-17)22(25)28-19-9-7-18(27-2)8-10-19/h3-13H,1-2H3. The molecule has 30 heavy (non-hydrogen) atoms. The molecule has 0 saturated carbocycles. The van der Waals surface area contributed by atoms with E-state index in [0.29, 0.717) is 28.4 Å². The summed E-state index contributed by atoms with van der Waals surface area (Å²) in [6.07, 6.45) is 0. The van der Waals surface area contributed by atoms with Crippen molar-refractivity contribution in [3.05, 3.63) is 83.4 Å². The predicted molar refractivity (Wildman–Crippen MR) is 112 cm³/mol. The fraction of sp³-hybridized carbons (Fsp3) is 0.0870. The van der Waals surface area contributed by atoms with Crippen molar-refractivity contribution >= 4 is 23.7 Å². The Labute approximate surface area is 178 Å². The average molecular weight is 419 g/mol. The van der Waals surface area contributed by atoms with Gasteiger partial charge in [-0.25, -0.2) is 9.59 Å². The molecule has 0 aliphatic carbocycles. The van der Waals surface area contributed by atoms with Gasteiger partial charge in [-0.3, -0.25) is 0 Å². The molecule has 0 radical (unpaired) electrons. The van der Waals surface area contributed by atoms with Crippen molar-refractivity contribution in [1.82, 2.24) is 0 Å². The summed E-state index contributed by atoms with van der Waals surface area (Å²) in [4.78, 5) is 25.4. The molecule has 150 valence electrons. The molecule has 0 N–H and O–H groups in total. The number of nitriles is 1. The van der Waals surface area contributed by atoms with Gasteiger partial charge in [-0.2, -0.15) is 5.26 Å². The van der Waals surface area contributed by atoms with Gasteiger partial charge < -0.3 is 14.2 Å². The number of benzene rings is 3. The second-order valence-electron chi connectivity index (χ2n) is 6.15. The molecule has 3 aromatic carbocycles. The zero-order valence-electron chi connectivity index (χ0n) is 16.2. The van der Waals surface area contributed by atoms with E-state index in [1.165, 1.54) is 24.3 Å². The van der Waals surface area contributed by atoms with Crippen LogP contribution in [0.4, 0.5) is 0 Å². The van der Waals surface area contributed by atoms with E-state index in [-0.39, 0.29) is 0 Å². The van der Waals surface area contributed by atoms with Gasteiger partial charge in [-0.1, -0.05) is 0 Å². The van der Waals surface area contributed by atoms with E-state index in [1.54, 1.807) is 49.6 Å². The smallest absolute Gasteiger partial charge is 0.343 e. The number of rotatable bonds is 6. The van der Waals surface area contributed by atoms with Crippen LogP contribution in [0.25, 0.3) is 0 Å². The molecular weight excluding hydrogens is 402 g/mol. The summed E-state index contributed by atoms with van der Waals surface area (Å²) in [6, 6.07) is 17.7. The maximum absolute atomic E-state index is 12.4. The monoisotopic (exact) mass is 419 g/mol. The van der Waals surface area contributed by atoms with Gasteiger partial charge >= 0.3 is 11.9 Å². The number of aryl methyl sites for hydroxylation is 1. The molecule has 7 heteroatoms. The lowest BCUT2D eigenvalue weighted by Crippen LogP contribution is -2.11. The topological polar surface area (TPSA) is 85.6 Å². The Morgan fingerprint density at radius 1 is 0.800 bits per heavy atom. The van der Waals surface area contributed by atoms with E-state index >= 15 is 0 Å². The number of hydrogen-bond acceptors (Lipinski definition) is 7.